The second kappa shape index (κ2) is 11.0. The predicted molar refractivity (Wildman–Crippen MR) is 140 cm³/mol. The van der Waals surface area contributed by atoms with Crippen LogP contribution in [0.25, 0.3) is 16.8 Å². The number of amides is 1. The number of halogens is 2. The van der Waals surface area contributed by atoms with Crippen LogP contribution in [0.1, 0.15) is 11.1 Å². The minimum absolute atomic E-state index is 0.118. The molecule has 0 aliphatic carbocycles. The van der Waals surface area contributed by atoms with Crippen molar-refractivity contribution in [1.29, 1.82) is 5.26 Å². The van der Waals surface area contributed by atoms with Gasteiger partial charge in [0.05, 0.1) is 22.8 Å². The van der Waals surface area contributed by atoms with Gasteiger partial charge in [0.2, 0.25) is 0 Å². The van der Waals surface area contributed by atoms with Crippen LogP contribution in [0, 0.1) is 11.3 Å². The molecule has 0 bridgehead atoms. The van der Waals surface area contributed by atoms with Gasteiger partial charge >= 0.3 is 0 Å². The molecule has 4 rings (SSSR count). The van der Waals surface area contributed by atoms with E-state index in [0.29, 0.717) is 23.7 Å². The van der Waals surface area contributed by atoms with Crippen molar-refractivity contribution in [2.75, 3.05) is 12.4 Å². The maximum Gasteiger partial charge on any atom is 0.266 e. The summed E-state index contributed by atoms with van der Waals surface area (Å²) in [7, 11) is 1.53. The Morgan fingerprint density at radius 2 is 1.69 bits per heavy atom. The standard InChI is InChI=1S/C28H20Cl2N2O3/c1-34-26-15-18(14-21(16-31)28(33)32-27-23(29)10-5-11-24(27)30)12-13-25(26)35-17-20-8-4-7-19-6-2-3-9-22(19)20/h2-15H,17H2,1H3,(H,32,33)/b21-14+. The smallest absolute Gasteiger partial charge is 0.266 e. The number of hydrogen-bond donors (Lipinski definition) is 1. The van der Waals surface area contributed by atoms with Crippen molar-refractivity contribution in [3.63, 3.8) is 0 Å². The van der Waals surface area contributed by atoms with Crippen LogP contribution >= 0.6 is 23.2 Å². The lowest BCUT2D eigenvalue weighted by Gasteiger charge is -2.13. The molecule has 0 radical (unpaired) electrons. The Morgan fingerprint density at radius 1 is 0.971 bits per heavy atom. The second-order valence-corrected chi connectivity index (χ2v) is 8.37. The normalized spacial score (nSPS) is 11.1. The number of anilines is 1. The Bertz CT molecular complexity index is 1450. The number of methoxy groups -OCH3 is 1. The van der Waals surface area contributed by atoms with Crippen molar-refractivity contribution in [2.45, 2.75) is 6.61 Å². The van der Waals surface area contributed by atoms with Crippen LogP contribution < -0.4 is 14.8 Å². The van der Waals surface area contributed by atoms with Gasteiger partial charge in [0.15, 0.2) is 11.5 Å². The van der Waals surface area contributed by atoms with E-state index in [2.05, 4.69) is 23.5 Å². The Balaban J connectivity index is 1.54. The Morgan fingerprint density at radius 3 is 2.43 bits per heavy atom. The first-order valence-electron chi connectivity index (χ1n) is 10.6. The number of carbonyl (C=O) groups excluding carboxylic acids is 1. The molecule has 0 aromatic heterocycles. The Hall–Kier alpha value is -3.98. The average Bonchev–Trinajstić information content (AvgIpc) is 2.88. The van der Waals surface area contributed by atoms with Gasteiger partial charge in [0.1, 0.15) is 18.2 Å². The van der Waals surface area contributed by atoms with Gasteiger partial charge < -0.3 is 14.8 Å². The van der Waals surface area contributed by atoms with E-state index < -0.39 is 5.91 Å². The van der Waals surface area contributed by atoms with E-state index in [1.807, 2.05) is 30.3 Å². The molecule has 0 unspecified atom stereocenters. The molecular formula is C28H20Cl2N2O3. The lowest BCUT2D eigenvalue weighted by molar-refractivity contribution is -0.112. The third-order valence-corrected chi connectivity index (χ3v) is 5.96. The first kappa shape index (κ1) is 24.2. The molecule has 4 aromatic rings. The van der Waals surface area contributed by atoms with E-state index in [4.69, 9.17) is 32.7 Å². The number of nitrogens with one attached hydrogen (secondary N) is 1. The second-order valence-electron chi connectivity index (χ2n) is 7.56. The number of hydrogen-bond acceptors (Lipinski definition) is 4. The topological polar surface area (TPSA) is 71.3 Å². The van der Waals surface area contributed by atoms with Crippen LogP contribution in [-0.4, -0.2) is 13.0 Å². The minimum Gasteiger partial charge on any atom is -0.493 e. The van der Waals surface area contributed by atoms with Crippen LogP contribution in [0.4, 0.5) is 5.69 Å². The molecule has 1 amide bonds. The molecule has 7 heteroatoms. The Kier molecular flexibility index (Phi) is 7.57. The van der Waals surface area contributed by atoms with E-state index >= 15 is 0 Å². The van der Waals surface area contributed by atoms with Gasteiger partial charge in [0, 0.05) is 0 Å². The van der Waals surface area contributed by atoms with Crippen molar-refractivity contribution < 1.29 is 14.3 Å². The van der Waals surface area contributed by atoms with E-state index in [1.54, 1.807) is 36.4 Å². The zero-order valence-corrected chi connectivity index (χ0v) is 20.2. The summed E-state index contributed by atoms with van der Waals surface area (Å²) in [6.45, 7) is 0.358. The van der Waals surface area contributed by atoms with Crippen LogP contribution in [0.5, 0.6) is 11.5 Å². The SMILES string of the molecule is COc1cc(/C=C(\C#N)C(=O)Nc2c(Cl)cccc2Cl)ccc1OCc1cccc2ccccc12. The number of carbonyl (C=O) groups is 1. The number of ether oxygens (including phenoxy) is 2. The number of nitriles is 1. The number of rotatable bonds is 7. The van der Waals surface area contributed by atoms with Gasteiger partial charge in [-0.15, -0.1) is 0 Å². The van der Waals surface area contributed by atoms with E-state index in [1.165, 1.54) is 13.2 Å². The van der Waals surface area contributed by atoms with Gasteiger partial charge in [-0.3, -0.25) is 4.79 Å². The van der Waals surface area contributed by atoms with Crippen molar-refractivity contribution in [2.24, 2.45) is 0 Å². The number of nitrogens with zero attached hydrogens (tertiary/aromatic N) is 1. The van der Waals surface area contributed by atoms with Gasteiger partial charge in [-0.05, 0) is 52.2 Å². The highest BCUT2D eigenvalue weighted by Gasteiger charge is 2.15. The predicted octanol–water partition coefficient (Wildman–Crippen LogP) is 7.28. The van der Waals surface area contributed by atoms with Gasteiger partial charge in [0.25, 0.3) is 5.91 Å². The van der Waals surface area contributed by atoms with Gasteiger partial charge in [-0.25, -0.2) is 0 Å². The van der Waals surface area contributed by atoms with Gasteiger partial charge in [-0.2, -0.15) is 5.26 Å². The van der Waals surface area contributed by atoms with Crippen molar-refractivity contribution in [3.05, 3.63) is 106 Å². The summed E-state index contributed by atoms with van der Waals surface area (Å²) < 4.78 is 11.5. The number of benzene rings is 4. The summed E-state index contributed by atoms with van der Waals surface area (Å²) in [4.78, 5) is 12.7. The molecule has 0 aliphatic rings. The molecule has 0 fully saturated rings. The van der Waals surface area contributed by atoms with E-state index in [-0.39, 0.29) is 21.3 Å². The van der Waals surface area contributed by atoms with Crippen LogP contribution in [0.3, 0.4) is 0 Å². The first-order chi connectivity index (χ1) is 17.0. The van der Waals surface area contributed by atoms with Crippen molar-refractivity contribution in [1.82, 2.24) is 0 Å². The highest BCUT2D eigenvalue weighted by Crippen LogP contribution is 2.32. The van der Waals surface area contributed by atoms with Crippen LogP contribution in [0.2, 0.25) is 10.0 Å². The third-order valence-electron chi connectivity index (χ3n) is 5.33. The average molecular weight is 503 g/mol. The minimum atomic E-state index is -0.627. The highest BCUT2D eigenvalue weighted by molar-refractivity contribution is 6.40. The lowest BCUT2D eigenvalue weighted by atomic mass is 10.1. The van der Waals surface area contributed by atoms with Crippen LogP contribution in [-0.2, 0) is 11.4 Å². The fourth-order valence-electron chi connectivity index (χ4n) is 3.58. The molecule has 5 nitrogen and oxygen atoms in total. The lowest BCUT2D eigenvalue weighted by Crippen LogP contribution is -2.14. The zero-order valence-electron chi connectivity index (χ0n) is 18.7. The largest absolute Gasteiger partial charge is 0.493 e. The summed E-state index contributed by atoms with van der Waals surface area (Å²) in [6, 6.07) is 26.2. The molecule has 4 aromatic carbocycles. The summed E-state index contributed by atoms with van der Waals surface area (Å²) in [5, 5.41) is 15.0. The summed E-state index contributed by atoms with van der Waals surface area (Å²) >= 11 is 12.2. The number of para-hydroxylation sites is 1. The monoisotopic (exact) mass is 502 g/mol. The maximum atomic E-state index is 12.7. The molecule has 1 N–H and O–H groups in total. The molecule has 35 heavy (non-hydrogen) atoms. The summed E-state index contributed by atoms with van der Waals surface area (Å²) in [5.74, 6) is 0.395. The highest BCUT2D eigenvalue weighted by atomic mass is 35.5. The van der Waals surface area contributed by atoms with Crippen molar-refractivity contribution >= 4 is 51.6 Å². The molecule has 0 aliphatic heterocycles. The molecule has 0 saturated heterocycles. The summed E-state index contributed by atoms with van der Waals surface area (Å²) in [5.41, 5.74) is 1.77. The van der Waals surface area contributed by atoms with E-state index in [9.17, 15) is 10.1 Å². The van der Waals surface area contributed by atoms with E-state index in [0.717, 1.165) is 16.3 Å². The maximum absolute atomic E-state index is 12.7. The van der Waals surface area contributed by atoms with Crippen molar-refractivity contribution in [3.8, 4) is 17.6 Å². The molecular weight excluding hydrogens is 483 g/mol. The quantitative estimate of drug-likeness (QED) is 0.213. The first-order valence-corrected chi connectivity index (χ1v) is 11.4. The molecule has 0 saturated carbocycles. The molecule has 174 valence electrons. The molecule has 0 heterocycles. The Labute approximate surface area is 213 Å². The molecule has 0 spiro atoms. The zero-order chi connectivity index (χ0) is 24.8. The fourth-order valence-corrected chi connectivity index (χ4v) is 4.07. The fraction of sp³-hybridized carbons (Fsp3) is 0.0714. The third kappa shape index (κ3) is 5.58. The summed E-state index contributed by atoms with van der Waals surface area (Å²) in [6.07, 6.45) is 1.46. The van der Waals surface area contributed by atoms with Crippen LogP contribution in [0.15, 0.2) is 84.4 Å². The molecule has 0 atom stereocenters. The van der Waals surface area contributed by atoms with Gasteiger partial charge in [-0.1, -0.05) is 77.8 Å². The number of fused-ring (bicyclic) bond motifs is 1.